The number of rotatable bonds is 5. The lowest BCUT2D eigenvalue weighted by Gasteiger charge is -2.43. The quantitative estimate of drug-likeness (QED) is 0.644. The molecular weight excluding hydrogens is 310 g/mol. The maximum atomic E-state index is 5.85. The Morgan fingerprint density at radius 1 is 1.50 bits per heavy atom. The molecule has 0 saturated heterocycles. The van der Waals surface area contributed by atoms with E-state index >= 15 is 0 Å². The van der Waals surface area contributed by atoms with Crippen LogP contribution in [0.25, 0.3) is 0 Å². The second-order valence-corrected chi connectivity index (χ2v) is 7.27. The summed E-state index contributed by atoms with van der Waals surface area (Å²) in [5.41, 5.74) is 3.29. The van der Waals surface area contributed by atoms with E-state index in [-0.39, 0.29) is 5.54 Å². The maximum absolute atomic E-state index is 5.85. The van der Waals surface area contributed by atoms with Crippen molar-refractivity contribution in [2.45, 2.75) is 43.7 Å². The van der Waals surface area contributed by atoms with E-state index in [0.29, 0.717) is 6.04 Å². The summed E-state index contributed by atoms with van der Waals surface area (Å²) in [6, 6.07) is 2.52. The molecule has 1 aliphatic carbocycles. The monoisotopic (exact) mass is 331 g/mol. The number of nitrogens with zero attached hydrogens (tertiary/aromatic N) is 1. The van der Waals surface area contributed by atoms with Crippen LogP contribution >= 0.6 is 27.3 Å². The van der Waals surface area contributed by atoms with Gasteiger partial charge in [0.2, 0.25) is 0 Å². The Morgan fingerprint density at radius 3 is 2.61 bits per heavy atom. The van der Waals surface area contributed by atoms with Crippen molar-refractivity contribution in [3.05, 3.63) is 20.8 Å². The lowest BCUT2D eigenvalue weighted by Crippen LogP contribution is -2.60. The minimum absolute atomic E-state index is 0.214. The van der Waals surface area contributed by atoms with Gasteiger partial charge < -0.3 is 4.90 Å². The average molecular weight is 332 g/mol. The molecule has 0 radical (unpaired) electrons. The SMILES string of the molecule is CN(C)C1(C(Cc2cc(Br)cs2)NN)CCCC1. The van der Waals surface area contributed by atoms with E-state index in [0.717, 1.165) is 6.42 Å². The van der Waals surface area contributed by atoms with E-state index in [9.17, 15) is 0 Å². The largest absolute Gasteiger partial charge is 0.302 e. The number of halogens is 1. The lowest BCUT2D eigenvalue weighted by atomic mass is 9.85. The van der Waals surface area contributed by atoms with Crippen molar-refractivity contribution < 1.29 is 0 Å². The van der Waals surface area contributed by atoms with Crippen LogP contribution in [0.4, 0.5) is 0 Å². The second kappa shape index (κ2) is 6.01. The number of likely N-dealkylation sites (N-methyl/N-ethyl adjacent to an activating group) is 1. The van der Waals surface area contributed by atoms with Crippen molar-refractivity contribution in [3.63, 3.8) is 0 Å². The molecular formula is C13H22BrN3S. The first kappa shape index (κ1) is 14.5. The van der Waals surface area contributed by atoms with Gasteiger partial charge in [0.25, 0.3) is 0 Å². The van der Waals surface area contributed by atoms with Crippen LogP contribution in [0.5, 0.6) is 0 Å². The van der Waals surface area contributed by atoms with Crippen molar-refractivity contribution in [1.29, 1.82) is 0 Å². The molecule has 1 unspecified atom stereocenters. The standard InChI is InChI=1S/C13H22BrN3S/c1-17(2)13(5-3-4-6-13)12(16-15)8-11-7-10(14)9-18-11/h7,9,12,16H,3-6,8,15H2,1-2H3. The maximum Gasteiger partial charge on any atom is 0.0442 e. The van der Waals surface area contributed by atoms with Gasteiger partial charge in [-0.3, -0.25) is 11.3 Å². The van der Waals surface area contributed by atoms with Crippen LogP contribution in [0.15, 0.2) is 15.9 Å². The Balaban J connectivity index is 2.16. The summed E-state index contributed by atoms with van der Waals surface area (Å²) in [5, 5.41) is 2.14. The second-order valence-electron chi connectivity index (χ2n) is 5.36. The summed E-state index contributed by atoms with van der Waals surface area (Å²) in [5.74, 6) is 5.85. The van der Waals surface area contributed by atoms with Crippen LogP contribution in [-0.2, 0) is 6.42 Å². The number of nitrogens with one attached hydrogen (secondary N) is 1. The molecule has 5 heteroatoms. The first-order valence-electron chi connectivity index (χ1n) is 6.45. The topological polar surface area (TPSA) is 41.3 Å². The van der Waals surface area contributed by atoms with Gasteiger partial charge in [-0.25, -0.2) is 0 Å². The highest BCUT2D eigenvalue weighted by Crippen LogP contribution is 2.38. The van der Waals surface area contributed by atoms with Gasteiger partial charge in [0.05, 0.1) is 0 Å². The summed E-state index contributed by atoms with van der Waals surface area (Å²) in [6.07, 6.45) is 6.10. The molecule has 0 spiro atoms. The zero-order valence-electron chi connectivity index (χ0n) is 11.1. The zero-order valence-corrected chi connectivity index (χ0v) is 13.5. The van der Waals surface area contributed by atoms with E-state index in [1.165, 1.54) is 35.0 Å². The Bertz CT molecular complexity index is 385. The smallest absolute Gasteiger partial charge is 0.0442 e. The van der Waals surface area contributed by atoms with Gasteiger partial charge in [0.15, 0.2) is 0 Å². The molecule has 1 heterocycles. The van der Waals surface area contributed by atoms with Crippen LogP contribution in [0.3, 0.4) is 0 Å². The van der Waals surface area contributed by atoms with Gasteiger partial charge in [-0.05, 0) is 48.9 Å². The molecule has 102 valence electrons. The molecule has 1 aliphatic rings. The minimum atomic E-state index is 0.214. The fourth-order valence-corrected chi connectivity index (χ4v) is 4.66. The molecule has 0 bridgehead atoms. The number of thiophene rings is 1. The van der Waals surface area contributed by atoms with Gasteiger partial charge in [-0.15, -0.1) is 11.3 Å². The molecule has 3 N–H and O–H groups in total. The Labute approximate surface area is 122 Å². The number of hydrogen-bond donors (Lipinski definition) is 2. The van der Waals surface area contributed by atoms with E-state index in [1.54, 1.807) is 11.3 Å². The van der Waals surface area contributed by atoms with Gasteiger partial charge in [-0.2, -0.15) is 0 Å². The van der Waals surface area contributed by atoms with Crippen molar-refractivity contribution in [3.8, 4) is 0 Å². The summed E-state index contributed by atoms with van der Waals surface area (Å²) in [7, 11) is 4.36. The average Bonchev–Trinajstić information content (AvgIpc) is 2.95. The van der Waals surface area contributed by atoms with Crippen molar-refractivity contribution >= 4 is 27.3 Å². The van der Waals surface area contributed by atoms with E-state index in [2.05, 4.69) is 51.8 Å². The highest BCUT2D eigenvalue weighted by atomic mass is 79.9. The fraction of sp³-hybridized carbons (Fsp3) is 0.692. The molecule has 0 amide bonds. The molecule has 1 saturated carbocycles. The van der Waals surface area contributed by atoms with E-state index < -0.39 is 0 Å². The molecule has 1 atom stereocenters. The van der Waals surface area contributed by atoms with E-state index in [4.69, 9.17) is 5.84 Å². The molecule has 18 heavy (non-hydrogen) atoms. The summed E-state index contributed by atoms with van der Waals surface area (Å²) >= 11 is 5.32. The van der Waals surface area contributed by atoms with Gasteiger partial charge in [0.1, 0.15) is 0 Å². The van der Waals surface area contributed by atoms with Crippen LogP contribution in [0, 0.1) is 0 Å². The predicted molar refractivity (Wildman–Crippen MR) is 81.7 cm³/mol. The fourth-order valence-electron chi connectivity index (χ4n) is 3.16. The Morgan fingerprint density at radius 2 is 2.17 bits per heavy atom. The lowest BCUT2D eigenvalue weighted by molar-refractivity contribution is 0.105. The van der Waals surface area contributed by atoms with Crippen molar-refractivity contribution in [2.24, 2.45) is 5.84 Å². The van der Waals surface area contributed by atoms with Crippen LogP contribution < -0.4 is 11.3 Å². The summed E-state index contributed by atoms with van der Waals surface area (Å²) < 4.78 is 1.17. The van der Waals surface area contributed by atoms with Gasteiger partial charge in [0, 0.05) is 32.7 Å². The molecule has 1 aromatic rings. The Kier molecular flexibility index (Phi) is 4.83. The zero-order chi connectivity index (χ0) is 13.2. The number of hydrazine groups is 1. The predicted octanol–water partition coefficient (Wildman–Crippen LogP) is 2.76. The first-order chi connectivity index (χ1) is 8.58. The number of nitrogens with two attached hydrogens (primary N) is 1. The molecule has 2 rings (SSSR count). The molecule has 1 fully saturated rings. The third kappa shape index (κ3) is 2.80. The van der Waals surface area contributed by atoms with Crippen molar-refractivity contribution in [1.82, 2.24) is 10.3 Å². The third-order valence-electron chi connectivity index (χ3n) is 4.24. The number of hydrogen-bond acceptors (Lipinski definition) is 4. The molecule has 1 aromatic heterocycles. The first-order valence-corrected chi connectivity index (χ1v) is 8.12. The van der Waals surface area contributed by atoms with E-state index in [1.807, 2.05) is 0 Å². The normalized spacial score (nSPS) is 20.5. The van der Waals surface area contributed by atoms with Gasteiger partial charge >= 0.3 is 0 Å². The third-order valence-corrected chi connectivity index (χ3v) is 5.96. The summed E-state index contributed by atoms with van der Waals surface area (Å²) in [4.78, 5) is 3.76. The van der Waals surface area contributed by atoms with Crippen LogP contribution in [-0.4, -0.2) is 30.6 Å². The molecule has 3 nitrogen and oxygen atoms in total. The van der Waals surface area contributed by atoms with Gasteiger partial charge in [-0.1, -0.05) is 12.8 Å². The molecule has 0 aromatic carbocycles. The minimum Gasteiger partial charge on any atom is -0.302 e. The highest BCUT2D eigenvalue weighted by molar-refractivity contribution is 9.10. The Hall–Kier alpha value is 0.0600. The van der Waals surface area contributed by atoms with Crippen LogP contribution in [0.1, 0.15) is 30.6 Å². The van der Waals surface area contributed by atoms with Crippen LogP contribution in [0.2, 0.25) is 0 Å². The van der Waals surface area contributed by atoms with Crippen molar-refractivity contribution in [2.75, 3.05) is 14.1 Å². The highest BCUT2D eigenvalue weighted by Gasteiger charge is 2.42. The summed E-state index contributed by atoms with van der Waals surface area (Å²) in [6.45, 7) is 0. The molecule has 0 aliphatic heterocycles.